The zero-order valence-electron chi connectivity index (χ0n) is 11.0. The zero-order valence-corrected chi connectivity index (χ0v) is 11.0. The molecule has 6 nitrogen and oxygen atoms in total. The van der Waals surface area contributed by atoms with Crippen molar-refractivity contribution in [1.82, 2.24) is 10.6 Å². The number of unbranched alkanes of at least 4 members (excludes halogenated alkanes) is 1. The molecule has 1 saturated heterocycles. The van der Waals surface area contributed by atoms with E-state index in [0.717, 1.165) is 12.8 Å². The van der Waals surface area contributed by atoms with Crippen molar-refractivity contribution in [1.29, 1.82) is 0 Å². The van der Waals surface area contributed by atoms with Crippen LogP contribution in [0, 0.1) is 0 Å². The average molecular weight is 260 g/mol. The summed E-state index contributed by atoms with van der Waals surface area (Å²) in [6, 6.07) is -0.550. The third-order valence-corrected chi connectivity index (χ3v) is 3.60. The van der Waals surface area contributed by atoms with Gasteiger partial charge in [-0.1, -0.05) is 19.8 Å². The standard InChI is InChI=1S/C12H24N2O4/c1-3-4-5-12(7-13-8(2)16)11(18)10(17)9(6-15)14-12/h9-11,14-15,17-18H,3-7H2,1-2H3,(H,13,16)/t9-,10-,11+,12-/m1/s1. The summed E-state index contributed by atoms with van der Waals surface area (Å²) in [5.74, 6) is -0.179. The van der Waals surface area contributed by atoms with Crippen LogP contribution >= 0.6 is 0 Å². The van der Waals surface area contributed by atoms with Crippen LogP contribution < -0.4 is 10.6 Å². The molecule has 0 bridgehead atoms. The summed E-state index contributed by atoms with van der Waals surface area (Å²) in [7, 11) is 0. The maximum Gasteiger partial charge on any atom is 0.216 e. The topological polar surface area (TPSA) is 102 Å². The van der Waals surface area contributed by atoms with E-state index >= 15 is 0 Å². The van der Waals surface area contributed by atoms with E-state index in [1.165, 1.54) is 6.92 Å². The SMILES string of the molecule is CCCC[C@]1(CNC(C)=O)N[C@H](CO)[C@@H](O)[C@@H]1O. The highest BCUT2D eigenvalue weighted by Gasteiger charge is 2.51. The third-order valence-electron chi connectivity index (χ3n) is 3.60. The quantitative estimate of drug-likeness (QED) is 0.410. The van der Waals surface area contributed by atoms with Crippen molar-refractivity contribution in [3.8, 4) is 0 Å². The number of aliphatic hydroxyl groups is 3. The lowest BCUT2D eigenvalue weighted by atomic mass is 9.87. The molecule has 0 aliphatic carbocycles. The summed E-state index contributed by atoms with van der Waals surface area (Å²) in [6.07, 6.45) is 0.456. The van der Waals surface area contributed by atoms with Gasteiger partial charge in [-0.2, -0.15) is 0 Å². The first-order valence-corrected chi connectivity index (χ1v) is 6.46. The molecular formula is C12H24N2O4. The highest BCUT2D eigenvalue weighted by molar-refractivity contribution is 5.72. The molecule has 1 aliphatic heterocycles. The van der Waals surface area contributed by atoms with Gasteiger partial charge in [0.15, 0.2) is 0 Å². The lowest BCUT2D eigenvalue weighted by Gasteiger charge is -2.33. The molecule has 1 rings (SSSR count). The number of carbonyl (C=O) groups excluding carboxylic acids is 1. The monoisotopic (exact) mass is 260 g/mol. The fourth-order valence-electron chi connectivity index (χ4n) is 2.48. The summed E-state index contributed by atoms with van der Waals surface area (Å²) in [4.78, 5) is 11.0. The first-order chi connectivity index (χ1) is 8.46. The minimum atomic E-state index is -1.01. The van der Waals surface area contributed by atoms with Gasteiger partial charge in [0.05, 0.1) is 24.3 Å². The Kier molecular flexibility index (Phi) is 5.52. The molecule has 0 aromatic rings. The molecule has 1 aliphatic rings. The summed E-state index contributed by atoms with van der Waals surface area (Å²) < 4.78 is 0. The number of amides is 1. The fourth-order valence-corrected chi connectivity index (χ4v) is 2.48. The highest BCUT2D eigenvalue weighted by atomic mass is 16.3. The van der Waals surface area contributed by atoms with Crippen molar-refractivity contribution in [2.24, 2.45) is 0 Å². The van der Waals surface area contributed by atoms with Crippen LogP contribution in [0.1, 0.15) is 33.1 Å². The van der Waals surface area contributed by atoms with Gasteiger partial charge in [-0.05, 0) is 6.42 Å². The second-order valence-electron chi connectivity index (χ2n) is 5.04. The Hall–Kier alpha value is -0.690. The molecule has 106 valence electrons. The molecule has 1 fully saturated rings. The smallest absolute Gasteiger partial charge is 0.216 e. The molecule has 6 heteroatoms. The third kappa shape index (κ3) is 3.20. The number of rotatable bonds is 6. The van der Waals surface area contributed by atoms with E-state index in [1.54, 1.807) is 0 Å². The van der Waals surface area contributed by atoms with Gasteiger partial charge < -0.3 is 20.6 Å². The highest BCUT2D eigenvalue weighted by Crippen LogP contribution is 2.29. The number of hydrogen-bond donors (Lipinski definition) is 5. The fraction of sp³-hybridized carbons (Fsp3) is 0.917. The number of aliphatic hydroxyl groups excluding tert-OH is 3. The van der Waals surface area contributed by atoms with Gasteiger partial charge >= 0.3 is 0 Å². The Labute approximate surface area is 107 Å². The molecule has 0 aromatic carbocycles. The maximum atomic E-state index is 11.0. The van der Waals surface area contributed by atoms with Crippen molar-refractivity contribution in [2.45, 2.75) is 56.9 Å². The second kappa shape index (κ2) is 6.47. The van der Waals surface area contributed by atoms with E-state index in [0.29, 0.717) is 6.42 Å². The Morgan fingerprint density at radius 2 is 2.11 bits per heavy atom. The first kappa shape index (κ1) is 15.4. The second-order valence-corrected chi connectivity index (χ2v) is 5.04. The lowest BCUT2D eigenvalue weighted by Crippen LogP contribution is -2.57. The number of hydrogen-bond acceptors (Lipinski definition) is 5. The Balaban J connectivity index is 2.79. The van der Waals surface area contributed by atoms with Crippen LogP contribution in [0.4, 0.5) is 0 Å². The predicted molar refractivity (Wildman–Crippen MR) is 67.0 cm³/mol. The molecule has 0 unspecified atom stereocenters. The molecule has 0 saturated carbocycles. The van der Waals surface area contributed by atoms with E-state index in [1.807, 2.05) is 6.92 Å². The molecule has 0 spiro atoms. The molecule has 4 atom stereocenters. The normalized spacial score (nSPS) is 35.7. The van der Waals surface area contributed by atoms with Crippen LogP contribution in [0.15, 0.2) is 0 Å². The van der Waals surface area contributed by atoms with E-state index < -0.39 is 23.8 Å². The van der Waals surface area contributed by atoms with Crippen LogP contribution in [-0.4, -0.2) is 58.2 Å². The molecule has 18 heavy (non-hydrogen) atoms. The molecule has 0 radical (unpaired) electrons. The summed E-state index contributed by atoms with van der Waals surface area (Å²) in [5, 5.41) is 35.0. The van der Waals surface area contributed by atoms with Gasteiger partial charge in [-0.15, -0.1) is 0 Å². The van der Waals surface area contributed by atoms with Crippen LogP contribution in [0.5, 0.6) is 0 Å². The largest absolute Gasteiger partial charge is 0.395 e. The molecular weight excluding hydrogens is 236 g/mol. The predicted octanol–water partition coefficient (Wildman–Crippen LogP) is -1.26. The maximum absolute atomic E-state index is 11.0. The van der Waals surface area contributed by atoms with Crippen LogP contribution in [0.3, 0.4) is 0 Å². The van der Waals surface area contributed by atoms with E-state index in [9.17, 15) is 15.0 Å². The van der Waals surface area contributed by atoms with Gasteiger partial charge in [0.1, 0.15) is 6.10 Å². The van der Waals surface area contributed by atoms with Crippen molar-refractivity contribution >= 4 is 5.91 Å². The van der Waals surface area contributed by atoms with Crippen LogP contribution in [0.2, 0.25) is 0 Å². The van der Waals surface area contributed by atoms with Gasteiger partial charge in [-0.25, -0.2) is 0 Å². The summed E-state index contributed by atoms with van der Waals surface area (Å²) in [5.41, 5.74) is -0.755. The zero-order chi connectivity index (χ0) is 13.8. The van der Waals surface area contributed by atoms with Crippen molar-refractivity contribution in [3.63, 3.8) is 0 Å². The number of nitrogens with one attached hydrogen (secondary N) is 2. The van der Waals surface area contributed by atoms with Crippen LogP contribution in [0.25, 0.3) is 0 Å². The minimum Gasteiger partial charge on any atom is -0.395 e. The molecule has 0 aromatic heterocycles. The van der Waals surface area contributed by atoms with Gasteiger partial charge in [0.25, 0.3) is 0 Å². The van der Waals surface area contributed by atoms with Crippen molar-refractivity contribution in [2.75, 3.05) is 13.2 Å². The van der Waals surface area contributed by atoms with E-state index in [-0.39, 0.29) is 19.1 Å². The Bertz CT molecular complexity index is 287. The van der Waals surface area contributed by atoms with Gasteiger partial charge in [0.2, 0.25) is 5.91 Å². The van der Waals surface area contributed by atoms with E-state index in [4.69, 9.17) is 5.11 Å². The van der Waals surface area contributed by atoms with Crippen LogP contribution in [-0.2, 0) is 4.79 Å². The van der Waals surface area contributed by atoms with Crippen molar-refractivity contribution < 1.29 is 20.1 Å². The minimum absolute atomic E-state index is 0.179. The molecule has 1 amide bonds. The number of carbonyl (C=O) groups is 1. The van der Waals surface area contributed by atoms with Gasteiger partial charge in [0, 0.05) is 13.5 Å². The van der Waals surface area contributed by atoms with E-state index in [2.05, 4.69) is 10.6 Å². The van der Waals surface area contributed by atoms with Gasteiger partial charge in [-0.3, -0.25) is 10.1 Å². The Morgan fingerprint density at radius 3 is 2.56 bits per heavy atom. The lowest BCUT2D eigenvalue weighted by molar-refractivity contribution is -0.119. The first-order valence-electron chi connectivity index (χ1n) is 6.46. The molecule has 5 N–H and O–H groups in total. The van der Waals surface area contributed by atoms with Crippen molar-refractivity contribution in [3.05, 3.63) is 0 Å². The summed E-state index contributed by atoms with van der Waals surface area (Å²) >= 11 is 0. The molecule has 1 heterocycles. The summed E-state index contributed by atoms with van der Waals surface area (Å²) in [6.45, 7) is 3.45. The Morgan fingerprint density at radius 1 is 1.44 bits per heavy atom. The average Bonchev–Trinajstić information content (AvgIpc) is 2.59.